The van der Waals surface area contributed by atoms with Crippen LogP contribution in [0.25, 0.3) is 32.7 Å². The summed E-state index contributed by atoms with van der Waals surface area (Å²) in [5.74, 6) is 0.597. The van der Waals surface area contributed by atoms with Crippen LogP contribution in [-0.4, -0.2) is 34.8 Å². The van der Waals surface area contributed by atoms with Crippen LogP contribution in [0.5, 0.6) is 0 Å². The number of benzene rings is 2. The molecule has 5 rings (SSSR count). The maximum Gasteiger partial charge on any atom is 0.235 e. The minimum absolute atomic E-state index is 0.597. The lowest BCUT2D eigenvalue weighted by atomic mass is 10.2. The summed E-state index contributed by atoms with van der Waals surface area (Å²) in [5, 5.41) is 22.8. The molecule has 0 bridgehead atoms. The van der Waals surface area contributed by atoms with Crippen LogP contribution in [0.4, 0.5) is 0 Å². The van der Waals surface area contributed by atoms with Crippen molar-refractivity contribution in [2.45, 2.75) is 13.8 Å². The van der Waals surface area contributed by atoms with Crippen molar-refractivity contribution in [3.63, 3.8) is 0 Å². The highest BCUT2D eigenvalue weighted by Gasteiger charge is 2.20. The van der Waals surface area contributed by atoms with Gasteiger partial charge in [0.25, 0.3) is 0 Å². The van der Waals surface area contributed by atoms with Crippen molar-refractivity contribution in [2.24, 2.45) is 0 Å². The fourth-order valence-electron chi connectivity index (χ4n) is 2.93. The first-order valence-electron chi connectivity index (χ1n) is 8.48. The highest BCUT2D eigenvalue weighted by Crippen LogP contribution is 2.28. The summed E-state index contributed by atoms with van der Waals surface area (Å²) < 4.78 is 3.55. The van der Waals surface area contributed by atoms with Crippen molar-refractivity contribution in [3.05, 3.63) is 65.9 Å². The van der Waals surface area contributed by atoms with E-state index in [4.69, 9.17) is 0 Å². The number of fused-ring (bicyclic) bond motifs is 1. The van der Waals surface area contributed by atoms with Crippen molar-refractivity contribution < 1.29 is 0 Å². The molecular weight excluding hydrogens is 358 g/mol. The van der Waals surface area contributed by atoms with E-state index in [1.54, 1.807) is 9.20 Å². The van der Waals surface area contributed by atoms with E-state index in [9.17, 15) is 0 Å². The molecule has 0 aliphatic heterocycles. The first kappa shape index (κ1) is 15.8. The summed E-state index contributed by atoms with van der Waals surface area (Å²) in [4.78, 5) is 0.730. The molecule has 0 aliphatic carbocycles. The van der Waals surface area contributed by atoms with Gasteiger partial charge in [-0.05, 0) is 26.0 Å². The van der Waals surface area contributed by atoms with Crippen molar-refractivity contribution in [1.29, 1.82) is 0 Å². The minimum atomic E-state index is 0.597. The summed E-state index contributed by atoms with van der Waals surface area (Å²) in [6.07, 6.45) is 0. The zero-order chi connectivity index (χ0) is 18.4. The highest BCUT2D eigenvalue weighted by atomic mass is 32.1. The Morgan fingerprint density at radius 1 is 0.852 bits per heavy atom. The third kappa shape index (κ3) is 2.61. The van der Waals surface area contributed by atoms with Crippen LogP contribution >= 0.6 is 11.3 Å². The van der Waals surface area contributed by atoms with Gasteiger partial charge in [0, 0.05) is 5.56 Å². The monoisotopic (exact) mass is 373 g/mol. The minimum Gasteiger partial charge on any atom is -0.217 e. The van der Waals surface area contributed by atoms with Crippen molar-refractivity contribution in [1.82, 2.24) is 34.8 Å². The van der Waals surface area contributed by atoms with Gasteiger partial charge in [0.05, 0.1) is 11.4 Å². The Kier molecular flexibility index (Phi) is 3.58. The molecule has 0 radical (unpaired) electrons. The molecule has 27 heavy (non-hydrogen) atoms. The molecule has 2 aromatic carbocycles. The van der Waals surface area contributed by atoms with Crippen molar-refractivity contribution in [2.75, 3.05) is 0 Å². The number of rotatable bonds is 3. The average molecular weight is 373 g/mol. The maximum atomic E-state index is 4.69. The second-order valence-corrected chi connectivity index (χ2v) is 7.22. The zero-order valence-electron chi connectivity index (χ0n) is 14.7. The summed E-state index contributed by atoms with van der Waals surface area (Å²) >= 11 is 1.50. The van der Waals surface area contributed by atoms with Gasteiger partial charge in [0.2, 0.25) is 10.8 Å². The topological polar surface area (TPSA) is 73.8 Å². The van der Waals surface area contributed by atoms with Crippen LogP contribution in [-0.2, 0) is 0 Å². The molecule has 5 aromatic rings. The molecule has 132 valence electrons. The van der Waals surface area contributed by atoms with Crippen molar-refractivity contribution in [3.8, 4) is 27.8 Å². The Morgan fingerprint density at radius 3 is 2.41 bits per heavy atom. The molecule has 0 amide bonds. The van der Waals surface area contributed by atoms with Crippen LogP contribution < -0.4 is 0 Å². The van der Waals surface area contributed by atoms with E-state index >= 15 is 0 Å². The number of hydrogen-bond donors (Lipinski definition) is 0. The quantitative estimate of drug-likeness (QED) is 0.482. The molecule has 8 heteroatoms. The van der Waals surface area contributed by atoms with Crippen LogP contribution in [0.3, 0.4) is 0 Å². The van der Waals surface area contributed by atoms with Crippen molar-refractivity contribution >= 4 is 16.3 Å². The van der Waals surface area contributed by atoms with Crippen LogP contribution in [0, 0.1) is 13.8 Å². The van der Waals surface area contributed by atoms with Gasteiger partial charge in [-0.25, -0.2) is 4.68 Å². The molecule has 0 atom stereocenters. The predicted molar refractivity (Wildman–Crippen MR) is 104 cm³/mol. The van der Waals surface area contributed by atoms with Gasteiger partial charge < -0.3 is 0 Å². The van der Waals surface area contributed by atoms with E-state index in [0.29, 0.717) is 11.5 Å². The Bertz CT molecular complexity index is 1230. The summed E-state index contributed by atoms with van der Waals surface area (Å²) in [7, 11) is 0. The standard InChI is InChI=1S/C19H15N7S/c1-12-8-10-15(11-9-12)25-13(2)16(20-24-25)17-21-22-19-26(17)23-18(27-19)14-6-4-3-5-7-14/h3-11H,1-2H3. The van der Waals surface area contributed by atoms with Gasteiger partial charge in [0.15, 0.2) is 5.69 Å². The van der Waals surface area contributed by atoms with Gasteiger partial charge in [-0.2, -0.15) is 9.61 Å². The van der Waals surface area contributed by atoms with Gasteiger partial charge in [0.1, 0.15) is 5.01 Å². The van der Waals surface area contributed by atoms with E-state index in [0.717, 1.165) is 26.9 Å². The molecule has 3 heterocycles. The van der Waals surface area contributed by atoms with Gasteiger partial charge in [-0.15, -0.1) is 15.3 Å². The third-order valence-electron chi connectivity index (χ3n) is 4.40. The SMILES string of the molecule is Cc1ccc(-n2nnc(-c3nnc4sc(-c5ccccc5)nn34)c2C)cc1. The van der Waals surface area contributed by atoms with Crippen LogP contribution in [0.1, 0.15) is 11.3 Å². The first-order valence-corrected chi connectivity index (χ1v) is 9.30. The second kappa shape index (κ2) is 6.10. The fourth-order valence-corrected chi connectivity index (χ4v) is 3.77. The Morgan fingerprint density at radius 2 is 1.63 bits per heavy atom. The second-order valence-electron chi connectivity index (χ2n) is 6.26. The molecule has 0 aliphatic rings. The number of aryl methyl sites for hydroxylation is 1. The molecule has 3 aromatic heterocycles. The first-order chi connectivity index (χ1) is 13.2. The molecule has 0 unspecified atom stereocenters. The van der Waals surface area contributed by atoms with E-state index < -0.39 is 0 Å². The van der Waals surface area contributed by atoms with Gasteiger partial charge in [-0.3, -0.25) is 0 Å². The number of hydrogen-bond acceptors (Lipinski definition) is 6. The normalized spacial score (nSPS) is 11.3. The molecular formula is C19H15N7S. The van der Waals surface area contributed by atoms with E-state index in [1.807, 2.05) is 49.4 Å². The predicted octanol–water partition coefficient (Wildman–Crippen LogP) is 3.72. The van der Waals surface area contributed by atoms with Gasteiger partial charge in [-0.1, -0.05) is 64.6 Å². The number of aromatic nitrogens is 7. The third-order valence-corrected chi connectivity index (χ3v) is 5.34. The summed E-state index contributed by atoms with van der Waals surface area (Å²) in [5.41, 5.74) is 4.78. The molecule has 0 spiro atoms. The smallest absolute Gasteiger partial charge is 0.217 e. The zero-order valence-corrected chi connectivity index (χ0v) is 15.6. The Hall–Kier alpha value is -3.39. The largest absolute Gasteiger partial charge is 0.235 e. The Balaban J connectivity index is 1.60. The molecule has 0 saturated carbocycles. The summed E-state index contributed by atoms with van der Waals surface area (Å²) in [6.45, 7) is 4.03. The summed E-state index contributed by atoms with van der Waals surface area (Å²) in [6, 6.07) is 18.2. The van der Waals surface area contributed by atoms with Crippen LogP contribution in [0.15, 0.2) is 54.6 Å². The number of nitrogens with zero attached hydrogens (tertiary/aromatic N) is 7. The van der Waals surface area contributed by atoms with E-state index in [1.165, 1.54) is 16.9 Å². The van der Waals surface area contributed by atoms with Crippen LogP contribution in [0.2, 0.25) is 0 Å². The highest BCUT2D eigenvalue weighted by molar-refractivity contribution is 7.19. The molecule has 0 saturated heterocycles. The maximum absolute atomic E-state index is 4.69. The lowest BCUT2D eigenvalue weighted by molar-refractivity contribution is 0.785. The lowest BCUT2D eigenvalue weighted by Crippen LogP contribution is -1.99. The fraction of sp³-hybridized carbons (Fsp3) is 0.105. The van der Waals surface area contributed by atoms with Gasteiger partial charge >= 0.3 is 0 Å². The molecule has 0 N–H and O–H groups in total. The lowest BCUT2D eigenvalue weighted by Gasteiger charge is -2.03. The molecule has 7 nitrogen and oxygen atoms in total. The molecule has 0 fully saturated rings. The average Bonchev–Trinajstić information content (AvgIpc) is 3.38. The Labute approximate surface area is 158 Å². The van der Waals surface area contributed by atoms with E-state index in [-0.39, 0.29) is 0 Å². The van der Waals surface area contributed by atoms with E-state index in [2.05, 4.69) is 44.7 Å².